The highest BCUT2D eigenvalue weighted by atomic mass is 16.5. The second kappa shape index (κ2) is 8.91. The molecule has 1 aromatic carbocycles. The van der Waals surface area contributed by atoms with Crippen LogP contribution in [-0.4, -0.2) is 29.1 Å². The number of amides is 1. The fourth-order valence-corrected chi connectivity index (χ4v) is 4.70. The van der Waals surface area contributed by atoms with Crippen LogP contribution in [0.25, 0.3) is 10.8 Å². The number of benzene rings is 1. The first-order valence-electron chi connectivity index (χ1n) is 10.8. The minimum absolute atomic E-state index is 0.0396. The van der Waals surface area contributed by atoms with Crippen LogP contribution < -0.4 is 15.8 Å². The number of fused-ring (bicyclic) bond motifs is 1. The summed E-state index contributed by atoms with van der Waals surface area (Å²) in [6.45, 7) is 0. The number of carbonyl (C=O) groups excluding carboxylic acids is 1. The first kappa shape index (κ1) is 19.2. The first-order chi connectivity index (χ1) is 13.7. The summed E-state index contributed by atoms with van der Waals surface area (Å²) >= 11 is 0. The SMILES string of the molecule is N[C@H](C(=O)NC1CCC(Oc2cccc3cnccc23)CC1)C1CCCCC1. The number of hydrogen-bond acceptors (Lipinski definition) is 4. The Morgan fingerprint density at radius 2 is 1.86 bits per heavy atom. The fourth-order valence-electron chi connectivity index (χ4n) is 4.70. The van der Waals surface area contributed by atoms with Crippen LogP contribution in [-0.2, 0) is 4.79 Å². The first-order valence-corrected chi connectivity index (χ1v) is 10.8. The van der Waals surface area contributed by atoms with Gasteiger partial charge in [-0.25, -0.2) is 0 Å². The maximum Gasteiger partial charge on any atom is 0.237 e. The zero-order valence-corrected chi connectivity index (χ0v) is 16.5. The van der Waals surface area contributed by atoms with Crippen molar-refractivity contribution in [3.8, 4) is 5.75 Å². The smallest absolute Gasteiger partial charge is 0.237 e. The molecule has 2 aromatic rings. The molecule has 1 heterocycles. The van der Waals surface area contributed by atoms with Gasteiger partial charge in [-0.05, 0) is 56.6 Å². The van der Waals surface area contributed by atoms with Crippen molar-refractivity contribution in [2.75, 3.05) is 0 Å². The molecule has 0 bridgehead atoms. The molecule has 0 spiro atoms. The van der Waals surface area contributed by atoms with Crippen molar-refractivity contribution in [2.24, 2.45) is 11.7 Å². The maximum atomic E-state index is 12.6. The Hall–Kier alpha value is -2.14. The normalized spacial score (nSPS) is 24.6. The zero-order valence-electron chi connectivity index (χ0n) is 16.5. The lowest BCUT2D eigenvalue weighted by Crippen LogP contribution is -2.50. The quantitative estimate of drug-likeness (QED) is 0.822. The molecule has 0 aliphatic heterocycles. The maximum absolute atomic E-state index is 12.6. The Bertz CT molecular complexity index is 790. The summed E-state index contributed by atoms with van der Waals surface area (Å²) in [7, 11) is 0. The molecule has 2 aliphatic rings. The Kier molecular flexibility index (Phi) is 6.10. The summed E-state index contributed by atoms with van der Waals surface area (Å²) in [6.07, 6.45) is 13.5. The van der Waals surface area contributed by atoms with Crippen molar-refractivity contribution in [3.05, 3.63) is 36.7 Å². The molecule has 0 radical (unpaired) electrons. The molecule has 4 rings (SSSR count). The van der Waals surface area contributed by atoms with Gasteiger partial charge in [-0.3, -0.25) is 9.78 Å². The minimum Gasteiger partial charge on any atom is -0.490 e. The number of pyridine rings is 1. The summed E-state index contributed by atoms with van der Waals surface area (Å²) in [4.78, 5) is 16.7. The third-order valence-electron chi connectivity index (χ3n) is 6.42. The van der Waals surface area contributed by atoms with E-state index in [1.165, 1.54) is 19.3 Å². The molecule has 28 heavy (non-hydrogen) atoms. The average molecular weight is 382 g/mol. The highest BCUT2D eigenvalue weighted by Gasteiger charge is 2.29. The van der Waals surface area contributed by atoms with E-state index in [-0.39, 0.29) is 24.1 Å². The minimum atomic E-state index is -0.349. The largest absolute Gasteiger partial charge is 0.490 e. The van der Waals surface area contributed by atoms with Gasteiger partial charge in [0.1, 0.15) is 5.75 Å². The van der Waals surface area contributed by atoms with Crippen molar-refractivity contribution in [2.45, 2.75) is 76.0 Å². The number of rotatable bonds is 5. The van der Waals surface area contributed by atoms with E-state index in [1.807, 2.05) is 24.4 Å². The molecule has 0 unspecified atom stereocenters. The number of ether oxygens (including phenoxy) is 1. The predicted molar refractivity (Wildman–Crippen MR) is 111 cm³/mol. The van der Waals surface area contributed by atoms with Crippen LogP contribution in [0.5, 0.6) is 5.75 Å². The third-order valence-corrected chi connectivity index (χ3v) is 6.42. The van der Waals surface area contributed by atoms with Crippen LogP contribution in [0.15, 0.2) is 36.7 Å². The fraction of sp³-hybridized carbons (Fsp3) is 0.565. The molecular formula is C23H31N3O2. The summed E-state index contributed by atoms with van der Waals surface area (Å²) in [5.41, 5.74) is 6.25. The number of nitrogens with zero attached hydrogens (tertiary/aromatic N) is 1. The highest BCUT2D eigenvalue weighted by molar-refractivity contribution is 5.87. The van der Waals surface area contributed by atoms with Crippen molar-refractivity contribution >= 4 is 16.7 Å². The third kappa shape index (κ3) is 4.46. The summed E-state index contributed by atoms with van der Waals surface area (Å²) in [5, 5.41) is 5.40. The van der Waals surface area contributed by atoms with Crippen molar-refractivity contribution < 1.29 is 9.53 Å². The van der Waals surface area contributed by atoms with Gasteiger partial charge in [0.15, 0.2) is 0 Å². The molecule has 150 valence electrons. The number of aromatic nitrogens is 1. The van der Waals surface area contributed by atoms with Gasteiger partial charge >= 0.3 is 0 Å². The van der Waals surface area contributed by atoms with Crippen LogP contribution in [0.2, 0.25) is 0 Å². The second-order valence-electron chi connectivity index (χ2n) is 8.38. The molecule has 2 saturated carbocycles. The predicted octanol–water partition coefficient (Wildman–Crippen LogP) is 3.95. The molecule has 1 atom stereocenters. The van der Waals surface area contributed by atoms with Gasteiger partial charge in [0, 0.05) is 29.2 Å². The summed E-state index contributed by atoms with van der Waals surface area (Å²) < 4.78 is 6.30. The lowest BCUT2D eigenvalue weighted by Gasteiger charge is -2.32. The van der Waals surface area contributed by atoms with Gasteiger partial charge in [0.2, 0.25) is 5.91 Å². The van der Waals surface area contributed by atoms with Crippen molar-refractivity contribution in [1.82, 2.24) is 10.3 Å². The van der Waals surface area contributed by atoms with E-state index in [4.69, 9.17) is 10.5 Å². The Morgan fingerprint density at radius 3 is 2.64 bits per heavy atom. The zero-order chi connectivity index (χ0) is 19.3. The number of nitrogens with one attached hydrogen (secondary N) is 1. The van der Waals surface area contributed by atoms with Crippen LogP contribution in [0, 0.1) is 5.92 Å². The molecule has 1 aromatic heterocycles. The Balaban J connectivity index is 1.28. The molecule has 1 amide bonds. The van der Waals surface area contributed by atoms with Crippen LogP contribution >= 0.6 is 0 Å². The Morgan fingerprint density at radius 1 is 1.07 bits per heavy atom. The topological polar surface area (TPSA) is 77.2 Å². The van der Waals surface area contributed by atoms with E-state index in [0.717, 1.165) is 55.0 Å². The van der Waals surface area contributed by atoms with E-state index < -0.39 is 0 Å². The molecular weight excluding hydrogens is 350 g/mol. The van der Waals surface area contributed by atoms with E-state index in [1.54, 1.807) is 6.20 Å². The van der Waals surface area contributed by atoms with Crippen LogP contribution in [0.3, 0.4) is 0 Å². The van der Waals surface area contributed by atoms with Gasteiger partial charge in [-0.1, -0.05) is 31.4 Å². The van der Waals surface area contributed by atoms with Gasteiger partial charge in [-0.15, -0.1) is 0 Å². The number of nitrogens with two attached hydrogens (primary N) is 1. The monoisotopic (exact) mass is 381 g/mol. The van der Waals surface area contributed by atoms with Gasteiger partial charge in [-0.2, -0.15) is 0 Å². The number of hydrogen-bond donors (Lipinski definition) is 2. The summed E-state index contributed by atoms with van der Waals surface area (Å²) in [6, 6.07) is 7.97. The van der Waals surface area contributed by atoms with Gasteiger partial charge in [0.25, 0.3) is 0 Å². The molecule has 2 fully saturated rings. The van der Waals surface area contributed by atoms with Crippen LogP contribution in [0.1, 0.15) is 57.8 Å². The number of carbonyl (C=O) groups is 1. The molecule has 3 N–H and O–H groups in total. The van der Waals surface area contributed by atoms with E-state index in [9.17, 15) is 4.79 Å². The lowest BCUT2D eigenvalue weighted by molar-refractivity contribution is -0.124. The molecule has 0 saturated heterocycles. The van der Waals surface area contributed by atoms with Crippen molar-refractivity contribution in [1.29, 1.82) is 0 Å². The molecule has 2 aliphatic carbocycles. The summed E-state index contributed by atoms with van der Waals surface area (Å²) in [5.74, 6) is 1.32. The lowest BCUT2D eigenvalue weighted by atomic mass is 9.83. The van der Waals surface area contributed by atoms with E-state index in [0.29, 0.717) is 5.92 Å². The molecule has 5 heteroatoms. The van der Waals surface area contributed by atoms with E-state index >= 15 is 0 Å². The van der Waals surface area contributed by atoms with Gasteiger partial charge < -0.3 is 15.8 Å². The average Bonchev–Trinajstić information content (AvgIpc) is 2.75. The highest BCUT2D eigenvalue weighted by Crippen LogP contribution is 2.30. The van der Waals surface area contributed by atoms with Crippen molar-refractivity contribution in [3.63, 3.8) is 0 Å². The van der Waals surface area contributed by atoms with Gasteiger partial charge in [0.05, 0.1) is 12.1 Å². The Labute approximate surface area is 167 Å². The second-order valence-corrected chi connectivity index (χ2v) is 8.38. The van der Waals surface area contributed by atoms with E-state index in [2.05, 4.69) is 16.4 Å². The standard InChI is InChI=1S/C23H31N3O2/c24-22(16-5-2-1-3-6-16)23(27)26-18-9-11-19(12-10-18)28-21-8-4-7-17-15-25-14-13-20(17)21/h4,7-8,13-16,18-19,22H,1-3,5-6,9-12,24H2,(H,26,27)/t18?,19?,22-/m0/s1. The molecule has 5 nitrogen and oxygen atoms in total. The van der Waals surface area contributed by atoms with Crippen LogP contribution in [0.4, 0.5) is 0 Å².